The zero-order chi connectivity index (χ0) is 16.9. The first-order valence-electron chi connectivity index (χ1n) is 7.39. The lowest BCUT2D eigenvalue weighted by Crippen LogP contribution is -2.28. The summed E-state index contributed by atoms with van der Waals surface area (Å²) in [7, 11) is 0. The number of rotatable bonds is 7. The van der Waals surface area contributed by atoms with Crippen LogP contribution in [0.15, 0.2) is 37.2 Å². The molecule has 0 aliphatic rings. The molecule has 0 bridgehead atoms. The van der Waals surface area contributed by atoms with Crippen molar-refractivity contribution < 1.29 is 9.90 Å². The number of H-pyrrole nitrogens is 2. The van der Waals surface area contributed by atoms with Crippen LogP contribution in [-0.2, 0) is 13.1 Å². The van der Waals surface area contributed by atoms with Crippen molar-refractivity contribution in [3.05, 3.63) is 60.2 Å². The van der Waals surface area contributed by atoms with Crippen molar-refractivity contribution >= 4 is 5.97 Å². The van der Waals surface area contributed by atoms with Crippen LogP contribution in [0.4, 0.5) is 0 Å². The molecule has 9 heteroatoms. The number of nitrogens with zero attached hydrogens (tertiary/aromatic N) is 5. The molecule has 24 heavy (non-hydrogen) atoms. The van der Waals surface area contributed by atoms with E-state index >= 15 is 0 Å². The largest absolute Gasteiger partial charge is 0.476 e. The van der Waals surface area contributed by atoms with Crippen LogP contribution in [0.25, 0.3) is 0 Å². The molecule has 1 atom stereocenters. The quantitative estimate of drug-likeness (QED) is 0.599. The molecule has 9 nitrogen and oxygen atoms in total. The smallest absolute Gasteiger partial charge is 0.356 e. The maximum Gasteiger partial charge on any atom is 0.356 e. The van der Waals surface area contributed by atoms with Gasteiger partial charge in [0.2, 0.25) is 0 Å². The van der Waals surface area contributed by atoms with Gasteiger partial charge >= 0.3 is 5.97 Å². The Labute approximate surface area is 137 Å². The topological polar surface area (TPSA) is 124 Å². The minimum absolute atomic E-state index is 0.00829. The summed E-state index contributed by atoms with van der Waals surface area (Å²) < 4.78 is 0. The van der Waals surface area contributed by atoms with E-state index in [4.69, 9.17) is 5.11 Å². The van der Waals surface area contributed by atoms with Crippen LogP contribution in [0.5, 0.6) is 0 Å². The predicted octanol–water partition coefficient (Wildman–Crippen LogP) is 1.38. The fourth-order valence-electron chi connectivity index (χ4n) is 2.34. The van der Waals surface area contributed by atoms with Crippen LogP contribution in [-0.4, -0.2) is 45.9 Å². The molecule has 3 rings (SSSR count). The standard InChI is InChI=1S/C15H17N7O2/c1-10(14-18-4-5-19-14)22(9-13-16-2-3-17-13)8-11-6-21-12(7-20-11)15(23)24/h2-7,10H,8-9H2,1H3,(H,16,17)(H,18,19)(H,23,24). The number of carboxylic acids is 1. The highest BCUT2D eigenvalue weighted by Gasteiger charge is 2.20. The van der Waals surface area contributed by atoms with Crippen molar-refractivity contribution in [2.45, 2.75) is 26.1 Å². The van der Waals surface area contributed by atoms with Crippen LogP contribution in [0.1, 0.15) is 40.8 Å². The first-order chi connectivity index (χ1) is 11.6. The maximum absolute atomic E-state index is 10.9. The van der Waals surface area contributed by atoms with Crippen LogP contribution in [0, 0.1) is 0 Å². The van der Waals surface area contributed by atoms with Crippen LogP contribution < -0.4 is 0 Å². The number of nitrogens with one attached hydrogen (secondary N) is 2. The Morgan fingerprint density at radius 2 is 1.92 bits per heavy atom. The van der Waals surface area contributed by atoms with E-state index in [1.165, 1.54) is 12.4 Å². The van der Waals surface area contributed by atoms with Gasteiger partial charge in [-0.25, -0.2) is 19.7 Å². The fraction of sp³-hybridized carbons (Fsp3) is 0.267. The third kappa shape index (κ3) is 3.63. The van der Waals surface area contributed by atoms with Gasteiger partial charge in [0, 0.05) is 31.3 Å². The van der Waals surface area contributed by atoms with Crippen molar-refractivity contribution in [1.82, 2.24) is 34.8 Å². The van der Waals surface area contributed by atoms with E-state index in [0.29, 0.717) is 18.8 Å². The SMILES string of the molecule is CC(c1ncc[nH]1)N(Cc1cnc(C(=O)O)cn1)Cc1ncc[nH]1. The van der Waals surface area contributed by atoms with Gasteiger partial charge in [-0.3, -0.25) is 9.88 Å². The summed E-state index contributed by atoms with van der Waals surface area (Å²) in [5.41, 5.74) is 0.598. The fourth-order valence-corrected chi connectivity index (χ4v) is 2.34. The van der Waals surface area contributed by atoms with E-state index in [2.05, 4.69) is 34.8 Å². The second-order valence-electron chi connectivity index (χ2n) is 5.29. The first-order valence-corrected chi connectivity index (χ1v) is 7.39. The lowest BCUT2D eigenvalue weighted by Gasteiger charge is -2.26. The molecule has 3 aromatic heterocycles. The molecule has 3 heterocycles. The summed E-state index contributed by atoms with van der Waals surface area (Å²) in [6, 6.07) is -0.00829. The first kappa shape index (κ1) is 15.8. The summed E-state index contributed by atoms with van der Waals surface area (Å²) in [5.74, 6) is 0.561. The lowest BCUT2D eigenvalue weighted by atomic mass is 10.2. The normalized spacial score (nSPS) is 12.4. The van der Waals surface area contributed by atoms with Gasteiger partial charge in [-0.1, -0.05) is 0 Å². The maximum atomic E-state index is 10.9. The third-order valence-electron chi connectivity index (χ3n) is 3.66. The number of aromatic nitrogens is 6. The Balaban J connectivity index is 1.79. The second kappa shape index (κ2) is 7.01. The minimum atomic E-state index is -1.09. The number of hydrogen-bond acceptors (Lipinski definition) is 6. The summed E-state index contributed by atoms with van der Waals surface area (Å²) in [6.45, 7) is 3.08. The van der Waals surface area contributed by atoms with Gasteiger partial charge in [0.1, 0.15) is 11.6 Å². The van der Waals surface area contributed by atoms with Gasteiger partial charge in [-0.05, 0) is 6.92 Å². The number of aromatic amines is 2. The molecule has 0 fully saturated rings. The van der Waals surface area contributed by atoms with Gasteiger partial charge in [0.05, 0.1) is 30.7 Å². The minimum Gasteiger partial charge on any atom is -0.476 e. The summed E-state index contributed by atoms with van der Waals surface area (Å²) >= 11 is 0. The zero-order valence-corrected chi connectivity index (χ0v) is 13.0. The number of aromatic carboxylic acids is 1. The summed E-state index contributed by atoms with van der Waals surface area (Å²) in [5, 5.41) is 8.90. The summed E-state index contributed by atoms with van der Waals surface area (Å²) in [6.07, 6.45) is 9.70. The van der Waals surface area contributed by atoms with Crippen molar-refractivity contribution in [3.63, 3.8) is 0 Å². The molecule has 1 unspecified atom stereocenters. The Bertz CT molecular complexity index is 769. The second-order valence-corrected chi connectivity index (χ2v) is 5.29. The highest BCUT2D eigenvalue weighted by atomic mass is 16.4. The molecule has 124 valence electrons. The van der Waals surface area contributed by atoms with Crippen molar-refractivity contribution in [1.29, 1.82) is 0 Å². The predicted molar refractivity (Wildman–Crippen MR) is 83.8 cm³/mol. The Morgan fingerprint density at radius 3 is 2.50 bits per heavy atom. The molecule has 0 aliphatic heterocycles. The zero-order valence-electron chi connectivity index (χ0n) is 13.0. The average molecular weight is 327 g/mol. The molecule has 0 aliphatic carbocycles. The van der Waals surface area contributed by atoms with E-state index in [0.717, 1.165) is 11.6 Å². The van der Waals surface area contributed by atoms with Gasteiger partial charge in [0.25, 0.3) is 0 Å². The molecular formula is C15H17N7O2. The molecule has 0 saturated heterocycles. The number of carboxylic acid groups (broad SMARTS) is 1. The molecular weight excluding hydrogens is 310 g/mol. The van der Waals surface area contributed by atoms with E-state index in [-0.39, 0.29) is 11.7 Å². The van der Waals surface area contributed by atoms with Crippen LogP contribution >= 0.6 is 0 Å². The van der Waals surface area contributed by atoms with Gasteiger partial charge in [-0.15, -0.1) is 0 Å². The monoisotopic (exact) mass is 327 g/mol. The third-order valence-corrected chi connectivity index (χ3v) is 3.66. The van der Waals surface area contributed by atoms with Crippen LogP contribution in [0.2, 0.25) is 0 Å². The Kier molecular flexibility index (Phi) is 4.62. The molecule has 0 radical (unpaired) electrons. The number of hydrogen-bond donors (Lipinski definition) is 3. The Hall–Kier alpha value is -3.07. The number of imidazole rings is 2. The van der Waals surface area contributed by atoms with Crippen molar-refractivity contribution in [2.24, 2.45) is 0 Å². The number of carbonyl (C=O) groups is 1. The highest BCUT2D eigenvalue weighted by Crippen LogP contribution is 2.20. The molecule has 0 amide bonds. The van der Waals surface area contributed by atoms with Crippen LogP contribution in [0.3, 0.4) is 0 Å². The highest BCUT2D eigenvalue weighted by molar-refractivity contribution is 5.84. The van der Waals surface area contributed by atoms with Gasteiger partial charge < -0.3 is 15.1 Å². The molecule has 3 N–H and O–H groups in total. The Morgan fingerprint density at radius 1 is 1.12 bits per heavy atom. The average Bonchev–Trinajstić information content (AvgIpc) is 3.28. The molecule has 0 saturated carbocycles. The molecule has 0 spiro atoms. The van der Waals surface area contributed by atoms with E-state index in [1.807, 2.05) is 6.92 Å². The van der Waals surface area contributed by atoms with Gasteiger partial charge in [0.15, 0.2) is 5.69 Å². The molecule has 0 aromatic carbocycles. The molecule has 3 aromatic rings. The lowest BCUT2D eigenvalue weighted by molar-refractivity contribution is 0.0690. The van der Waals surface area contributed by atoms with E-state index < -0.39 is 5.97 Å². The van der Waals surface area contributed by atoms with Gasteiger partial charge in [-0.2, -0.15) is 0 Å². The summed E-state index contributed by atoms with van der Waals surface area (Å²) in [4.78, 5) is 35.8. The van der Waals surface area contributed by atoms with E-state index in [9.17, 15) is 4.79 Å². The van der Waals surface area contributed by atoms with Crippen molar-refractivity contribution in [2.75, 3.05) is 0 Å². The van der Waals surface area contributed by atoms with E-state index in [1.54, 1.807) is 24.8 Å². The van der Waals surface area contributed by atoms with Crippen molar-refractivity contribution in [3.8, 4) is 0 Å².